The largest absolute Gasteiger partial charge is 0.347 e. The van der Waals surface area contributed by atoms with Crippen LogP contribution in [-0.2, 0) is 0 Å². The summed E-state index contributed by atoms with van der Waals surface area (Å²) < 4.78 is 0. The number of nitrogens with one attached hydrogen (secondary N) is 2. The first kappa shape index (κ1) is 14.7. The number of carbonyl (C=O) groups excluding carboxylic acids is 1. The van der Waals surface area contributed by atoms with E-state index in [1.807, 2.05) is 6.92 Å². The lowest BCUT2D eigenvalue weighted by atomic mass is 9.90. The molecule has 2 N–H and O–H groups in total. The van der Waals surface area contributed by atoms with Gasteiger partial charge < -0.3 is 10.6 Å². The number of benzene rings is 1. The van der Waals surface area contributed by atoms with Gasteiger partial charge in [-0.05, 0) is 45.0 Å². The molecule has 0 aromatic heterocycles. The molecule has 1 amide bonds. The molecule has 108 valence electrons. The summed E-state index contributed by atoms with van der Waals surface area (Å²) in [5.41, 5.74) is -0.579. The molecule has 1 fully saturated rings. The second-order valence-corrected chi connectivity index (χ2v) is 5.62. The van der Waals surface area contributed by atoms with Crippen molar-refractivity contribution in [3.05, 3.63) is 38.9 Å². The molecule has 0 radical (unpaired) electrons. The lowest BCUT2D eigenvalue weighted by Crippen LogP contribution is -2.52. The highest BCUT2D eigenvalue weighted by atomic mass is 35.5. The van der Waals surface area contributed by atoms with Gasteiger partial charge in [0, 0.05) is 16.6 Å². The van der Waals surface area contributed by atoms with E-state index in [9.17, 15) is 14.9 Å². The molecular weight excluding hydrogens is 282 g/mol. The van der Waals surface area contributed by atoms with Crippen LogP contribution in [0.5, 0.6) is 0 Å². The average Bonchev–Trinajstić information content (AvgIpc) is 2.38. The standard InChI is InChI=1S/C13H16ClN3O3/c1-13(4-6-15-7-5-13)16-12(18)10-8-9(14)2-3-11(10)17(19)20/h2-3,8,15H,4-7H2,1H3,(H,16,18). The van der Waals surface area contributed by atoms with E-state index in [2.05, 4.69) is 10.6 Å². The van der Waals surface area contributed by atoms with Crippen molar-refractivity contribution in [2.24, 2.45) is 0 Å². The smallest absolute Gasteiger partial charge is 0.282 e. The Bertz CT molecular complexity index is 542. The van der Waals surface area contributed by atoms with Gasteiger partial charge in [-0.1, -0.05) is 11.6 Å². The van der Waals surface area contributed by atoms with E-state index in [1.54, 1.807) is 0 Å². The normalized spacial score (nSPS) is 17.5. The van der Waals surface area contributed by atoms with Crippen molar-refractivity contribution < 1.29 is 9.72 Å². The number of rotatable bonds is 3. The second kappa shape index (κ2) is 5.76. The van der Waals surface area contributed by atoms with Gasteiger partial charge in [0.25, 0.3) is 11.6 Å². The van der Waals surface area contributed by atoms with Crippen LogP contribution in [0, 0.1) is 10.1 Å². The van der Waals surface area contributed by atoms with Gasteiger partial charge in [0.05, 0.1) is 4.92 Å². The summed E-state index contributed by atoms with van der Waals surface area (Å²) in [7, 11) is 0. The summed E-state index contributed by atoms with van der Waals surface area (Å²) in [6, 6.07) is 3.99. The highest BCUT2D eigenvalue weighted by Crippen LogP contribution is 2.24. The third kappa shape index (κ3) is 3.26. The quantitative estimate of drug-likeness (QED) is 0.661. The van der Waals surface area contributed by atoms with Gasteiger partial charge >= 0.3 is 0 Å². The second-order valence-electron chi connectivity index (χ2n) is 5.18. The van der Waals surface area contributed by atoms with Gasteiger partial charge in [-0.25, -0.2) is 0 Å². The van der Waals surface area contributed by atoms with Crippen molar-refractivity contribution in [1.82, 2.24) is 10.6 Å². The van der Waals surface area contributed by atoms with Crippen molar-refractivity contribution in [3.8, 4) is 0 Å². The zero-order valence-corrected chi connectivity index (χ0v) is 11.9. The molecule has 1 aromatic carbocycles. The fourth-order valence-electron chi connectivity index (χ4n) is 2.29. The summed E-state index contributed by atoms with van der Waals surface area (Å²) >= 11 is 5.83. The van der Waals surface area contributed by atoms with E-state index >= 15 is 0 Å². The molecule has 0 spiro atoms. The van der Waals surface area contributed by atoms with E-state index < -0.39 is 10.8 Å². The van der Waals surface area contributed by atoms with Crippen LogP contribution >= 0.6 is 11.6 Å². The molecule has 7 heteroatoms. The molecule has 1 aliphatic rings. The van der Waals surface area contributed by atoms with E-state index in [1.165, 1.54) is 18.2 Å². The maximum atomic E-state index is 12.3. The Morgan fingerprint density at radius 2 is 2.10 bits per heavy atom. The molecule has 0 saturated carbocycles. The fourth-order valence-corrected chi connectivity index (χ4v) is 2.47. The molecule has 0 unspecified atom stereocenters. The predicted octanol–water partition coefficient (Wildman–Crippen LogP) is 2.12. The zero-order valence-electron chi connectivity index (χ0n) is 11.1. The summed E-state index contributed by atoms with van der Waals surface area (Å²) in [4.78, 5) is 22.7. The number of piperidine rings is 1. The van der Waals surface area contributed by atoms with Gasteiger partial charge in [0.2, 0.25) is 0 Å². The number of nitro groups is 1. The molecule has 20 heavy (non-hydrogen) atoms. The Kier molecular flexibility index (Phi) is 4.25. The highest BCUT2D eigenvalue weighted by Gasteiger charge is 2.31. The number of nitrogens with zero attached hydrogens (tertiary/aromatic N) is 1. The summed E-state index contributed by atoms with van der Waals surface area (Å²) in [6.07, 6.45) is 1.57. The summed E-state index contributed by atoms with van der Waals surface area (Å²) in [5, 5.41) is 17.4. The maximum absolute atomic E-state index is 12.3. The molecule has 0 bridgehead atoms. The van der Waals surface area contributed by atoms with Gasteiger partial charge in [-0.2, -0.15) is 0 Å². The van der Waals surface area contributed by atoms with Crippen LogP contribution < -0.4 is 10.6 Å². The lowest BCUT2D eigenvalue weighted by molar-refractivity contribution is -0.385. The third-order valence-corrected chi connectivity index (χ3v) is 3.76. The SMILES string of the molecule is CC1(NC(=O)c2cc(Cl)ccc2[N+](=O)[O-])CCNCC1. The van der Waals surface area contributed by atoms with Crippen LogP contribution in [-0.4, -0.2) is 29.5 Å². The Hall–Kier alpha value is -1.66. The minimum Gasteiger partial charge on any atom is -0.347 e. The highest BCUT2D eigenvalue weighted by molar-refractivity contribution is 6.31. The van der Waals surface area contributed by atoms with Crippen LogP contribution in [0.4, 0.5) is 5.69 Å². The topological polar surface area (TPSA) is 84.3 Å². The summed E-state index contributed by atoms with van der Waals surface area (Å²) in [6.45, 7) is 3.57. The van der Waals surface area contributed by atoms with Crippen LogP contribution in [0.15, 0.2) is 18.2 Å². The molecule has 1 saturated heterocycles. The van der Waals surface area contributed by atoms with Crippen molar-refractivity contribution in [3.63, 3.8) is 0 Å². The van der Waals surface area contributed by atoms with Gasteiger partial charge in [-0.3, -0.25) is 14.9 Å². The summed E-state index contributed by atoms with van der Waals surface area (Å²) in [5.74, 6) is -0.455. The van der Waals surface area contributed by atoms with Crippen LogP contribution in [0.1, 0.15) is 30.1 Å². The first-order chi connectivity index (χ1) is 9.41. The van der Waals surface area contributed by atoms with E-state index in [-0.39, 0.29) is 16.8 Å². The molecule has 1 aromatic rings. The number of amides is 1. The van der Waals surface area contributed by atoms with Crippen molar-refractivity contribution in [2.75, 3.05) is 13.1 Å². The third-order valence-electron chi connectivity index (χ3n) is 3.52. The molecule has 1 heterocycles. The first-order valence-electron chi connectivity index (χ1n) is 6.38. The van der Waals surface area contributed by atoms with Gasteiger partial charge in [0.15, 0.2) is 0 Å². The Morgan fingerprint density at radius 1 is 1.45 bits per heavy atom. The Balaban J connectivity index is 2.24. The van der Waals surface area contributed by atoms with Crippen molar-refractivity contribution in [2.45, 2.75) is 25.3 Å². The van der Waals surface area contributed by atoms with Gasteiger partial charge in [0.1, 0.15) is 5.56 Å². The van der Waals surface area contributed by atoms with Crippen LogP contribution in [0.3, 0.4) is 0 Å². The molecule has 0 aliphatic carbocycles. The molecule has 0 atom stereocenters. The lowest BCUT2D eigenvalue weighted by Gasteiger charge is -2.34. The number of halogens is 1. The monoisotopic (exact) mass is 297 g/mol. The molecule has 1 aliphatic heterocycles. The van der Waals surface area contributed by atoms with E-state index in [0.717, 1.165) is 25.9 Å². The Morgan fingerprint density at radius 3 is 2.70 bits per heavy atom. The number of carbonyl (C=O) groups is 1. The fraction of sp³-hybridized carbons (Fsp3) is 0.462. The molecule has 6 nitrogen and oxygen atoms in total. The van der Waals surface area contributed by atoms with Crippen LogP contribution in [0.2, 0.25) is 5.02 Å². The van der Waals surface area contributed by atoms with E-state index in [4.69, 9.17) is 11.6 Å². The first-order valence-corrected chi connectivity index (χ1v) is 6.76. The molecular formula is C13H16ClN3O3. The predicted molar refractivity (Wildman–Crippen MR) is 76.1 cm³/mol. The maximum Gasteiger partial charge on any atom is 0.282 e. The average molecular weight is 298 g/mol. The Labute approximate surface area is 121 Å². The van der Waals surface area contributed by atoms with Gasteiger partial charge in [-0.15, -0.1) is 0 Å². The number of nitro benzene ring substituents is 1. The van der Waals surface area contributed by atoms with Crippen molar-refractivity contribution >= 4 is 23.2 Å². The molecule has 2 rings (SSSR count). The minimum absolute atomic E-state index is 0.00209. The number of hydrogen-bond donors (Lipinski definition) is 2. The minimum atomic E-state index is -0.573. The van der Waals surface area contributed by atoms with Crippen LogP contribution in [0.25, 0.3) is 0 Å². The zero-order chi connectivity index (χ0) is 14.8. The van der Waals surface area contributed by atoms with Crippen molar-refractivity contribution in [1.29, 1.82) is 0 Å². The van der Waals surface area contributed by atoms with E-state index in [0.29, 0.717) is 5.02 Å². The number of hydrogen-bond acceptors (Lipinski definition) is 4.